The summed E-state index contributed by atoms with van der Waals surface area (Å²) in [5.41, 5.74) is 1.73. The third kappa shape index (κ3) is 4.09. The molecule has 4 rings (SSSR count). The third-order valence-electron chi connectivity index (χ3n) is 4.91. The number of hydrogen-bond acceptors (Lipinski definition) is 3. The normalized spacial score (nSPS) is 16.2. The second kappa shape index (κ2) is 8.18. The molecule has 154 valence electrons. The summed E-state index contributed by atoms with van der Waals surface area (Å²) in [5, 5.41) is 0.546. The van der Waals surface area contributed by atoms with Crippen molar-refractivity contribution >= 4 is 33.2 Å². The summed E-state index contributed by atoms with van der Waals surface area (Å²) in [6.07, 6.45) is 0. The summed E-state index contributed by atoms with van der Waals surface area (Å²) in [5.74, 6) is -0.736. The van der Waals surface area contributed by atoms with Gasteiger partial charge >= 0.3 is 0 Å². The maximum absolute atomic E-state index is 13.4. The fourth-order valence-electron chi connectivity index (χ4n) is 3.37. The van der Waals surface area contributed by atoms with Crippen molar-refractivity contribution in [1.29, 1.82) is 0 Å². The van der Waals surface area contributed by atoms with Gasteiger partial charge in [0.25, 0.3) is 0 Å². The highest BCUT2D eigenvalue weighted by atomic mass is 35.5. The van der Waals surface area contributed by atoms with Crippen LogP contribution in [-0.2, 0) is 27.9 Å². The molecule has 0 spiro atoms. The van der Waals surface area contributed by atoms with Gasteiger partial charge in [-0.15, -0.1) is 0 Å². The number of halogens is 2. The molecule has 0 unspecified atom stereocenters. The number of carbonyl (C=O) groups is 1. The van der Waals surface area contributed by atoms with E-state index in [0.29, 0.717) is 16.3 Å². The van der Waals surface area contributed by atoms with Crippen LogP contribution in [-0.4, -0.2) is 25.2 Å². The minimum Gasteiger partial charge on any atom is -0.305 e. The smallest absolute Gasteiger partial charge is 0.245 e. The molecule has 30 heavy (non-hydrogen) atoms. The number of carbonyl (C=O) groups excluding carboxylic acids is 1. The van der Waals surface area contributed by atoms with Gasteiger partial charge in [-0.1, -0.05) is 48.0 Å². The predicted molar refractivity (Wildman–Crippen MR) is 113 cm³/mol. The van der Waals surface area contributed by atoms with Crippen molar-refractivity contribution in [1.82, 2.24) is 4.31 Å². The maximum Gasteiger partial charge on any atom is 0.245 e. The molecule has 0 aromatic heterocycles. The Kier molecular flexibility index (Phi) is 5.60. The highest BCUT2D eigenvalue weighted by Crippen LogP contribution is 2.33. The largest absolute Gasteiger partial charge is 0.305 e. The lowest BCUT2D eigenvalue weighted by atomic mass is 10.2. The van der Waals surface area contributed by atoms with Gasteiger partial charge in [0.05, 0.1) is 18.8 Å². The monoisotopic (exact) mass is 444 g/mol. The summed E-state index contributed by atoms with van der Waals surface area (Å²) in [6.45, 7) is -0.120. The number of nitrogens with zero attached hydrogens (tertiary/aromatic N) is 2. The van der Waals surface area contributed by atoms with E-state index < -0.39 is 10.0 Å². The van der Waals surface area contributed by atoms with Crippen molar-refractivity contribution in [2.24, 2.45) is 0 Å². The molecule has 3 aromatic carbocycles. The van der Waals surface area contributed by atoms with Gasteiger partial charge in [-0.05, 0) is 47.5 Å². The number of para-hydroxylation sites is 1. The average Bonchev–Trinajstić information content (AvgIpc) is 2.80. The van der Waals surface area contributed by atoms with Crippen molar-refractivity contribution in [2.45, 2.75) is 18.0 Å². The number of hydrogen-bond donors (Lipinski definition) is 0. The second-order valence-corrected chi connectivity index (χ2v) is 9.32. The molecule has 0 saturated heterocycles. The lowest BCUT2D eigenvalue weighted by molar-refractivity contribution is -0.119. The van der Waals surface area contributed by atoms with E-state index >= 15 is 0 Å². The van der Waals surface area contributed by atoms with Crippen molar-refractivity contribution in [3.05, 3.63) is 94.8 Å². The highest BCUT2D eigenvalue weighted by molar-refractivity contribution is 7.89. The molecule has 1 aliphatic heterocycles. The molecule has 0 aliphatic carbocycles. The lowest BCUT2D eigenvalue weighted by Crippen LogP contribution is -2.38. The fraction of sp³-hybridized carbons (Fsp3) is 0.136. The van der Waals surface area contributed by atoms with Gasteiger partial charge in [-0.3, -0.25) is 4.79 Å². The van der Waals surface area contributed by atoms with Gasteiger partial charge in [0.2, 0.25) is 15.9 Å². The molecule has 0 radical (unpaired) electrons. The van der Waals surface area contributed by atoms with E-state index in [1.807, 2.05) is 0 Å². The van der Waals surface area contributed by atoms with Crippen LogP contribution in [0.2, 0.25) is 5.02 Å². The molecular formula is C22H18ClFN2O3S. The Morgan fingerprint density at radius 2 is 1.47 bits per heavy atom. The van der Waals surface area contributed by atoms with E-state index in [1.165, 1.54) is 27.4 Å². The molecule has 1 aliphatic rings. The van der Waals surface area contributed by atoms with Crippen LogP contribution in [0.5, 0.6) is 0 Å². The van der Waals surface area contributed by atoms with Crippen LogP contribution >= 0.6 is 11.6 Å². The molecule has 0 bridgehead atoms. The van der Waals surface area contributed by atoms with Crippen LogP contribution < -0.4 is 4.90 Å². The SMILES string of the molecule is O=C1CN(Cc2ccc(Cl)cc2)S(=O)(=O)c2ccccc2N1Cc1ccc(F)cc1. The minimum atomic E-state index is -3.91. The van der Waals surface area contributed by atoms with E-state index in [9.17, 15) is 17.6 Å². The Balaban J connectivity index is 1.73. The molecule has 0 saturated carbocycles. The first-order valence-corrected chi connectivity index (χ1v) is 11.0. The van der Waals surface area contributed by atoms with Crippen molar-refractivity contribution < 1.29 is 17.6 Å². The lowest BCUT2D eigenvalue weighted by Gasteiger charge is -2.22. The zero-order chi connectivity index (χ0) is 21.3. The molecular weight excluding hydrogens is 427 g/mol. The number of sulfonamides is 1. The summed E-state index contributed by atoms with van der Waals surface area (Å²) in [7, 11) is -3.91. The Morgan fingerprint density at radius 1 is 0.867 bits per heavy atom. The Bertz CT molecular complexity index is 1180. The molecule has 0 fully saturated rings. The number of anilines is 1. The van der Waals surface area contributed by atoms with Gasteiger partial charge in [0.15, 0.2) is 0 Å². The van der Waals surface area contributed by atoms with E-state index in [2.05, 4.69) is 0 Å². The van der Waals surface area contributed by atoms with Gasteiger partial charge in [-0.25, -0.2) is 12.8 Å². The van der Waals surface area contributed by atoms with E-state index in [0.717, 1.165) is 5.56 Å². The van der Waals surface area contributed by atoms with Crippen molar-refractivity contribution in [2.75, 3.05) is 11.4 Å². The second-order valence-electron chi connectivity index (χ2n) is 6.97. The fourth-order valence-corrected chi connectivity index (χ4v) is 5.07. The number of rotatable bonds is 4. The molecule has 5 nitrogen and oxygen atoms in total. The predicted octanol–water partition coefficient (Wildman–Crippen LogP) is 4.22. The van der Waals surface area contributed by atoms with Gasteiger partial charge in [0.1, 0.15) is 10.7 Å². The molecule has 1 heterocycles. The first kappa shape index (κ1) is 20.5. The number of benzene rings is 3. The summed E-state index contributed by atoms with van der Waals surface area (Å²) in [6, 6.07) is 19.0. The first-order valence-electron chi connectivity index (χ1n) is 9.23. The maximum atomic E-state index is 13.4. The van der Waals surface area contributed by atoms with Crippen LogP contribution in [0.15, 0.2) is 77.7 Å². The molecule has 1 amide bonds. The number of amides is 1. The summed E-state index contributed by atoms with van der Waals surface area (Å²) >= 11 is 5.92. The quantitative estimate of drug-likeness (QED) is 0.605. The van der Waals surface area contributed by atoms with Crippen molar-refractivity contribution in [3.8, 4) is 0 Å². The summed E-state index contributed by atoms with van der Waals surface area (Å²) in [4.78, 5) is 14.6. The topological polar surface area (TPSA) is 57.7 Å². The van der Waals surface area contributed by atoms with Crippen LogP contribution in [0.4, 0.5) is 10.1 Å². The highest BCUT2D eigenvalue weighted by Gasteiger charge is 2.36. The van der Waals surface area contributed by atoms with Crippen LogP contribution in [0.25, 0.3) is 0 Å². The van der Waals surface area contributed by atoms with E-state index in [1.54, 1.807) is 54.6 Å². The average molecular weight is 445 g/mol. The zero-order valence-corrected chi connectivity index (χ0v) is 17.4. The molecule has 0 atom stereocenters. The molecule has 0 N–H and O–H groups in total. The van der Waals surface area contributed by atoms with Crippen LogP contribution in [0, 0.1) is 5.82 Å². The van der Waals surface area contributed by atoms with Gasteiger partial charge in [-0.2, -0.15) is 4.31 Å². The summed E-state index contributed by atoms with van der Waals surface area (Å²) < 4.78 is 41.1. The third-order valence-corrected chi connectivity index (χ3v) is 7.00. The molecule has 3 aromatic rings. The Morgan fingerprint density at radius 3 is 2.17 bits per heavy atom. The standard InChI is InChI=1S/C22H18ClFN2O3S/c23-18-9-5-16(6-10-18)13-25-15-22(27)26(14-17-7-11-19(24)12-8-17)20-3-1-2-4-21(20)30(25,28)29/h1-12H,13-15H2. The first-order chi connectivity index (χ1) is 14.3. The van der Waals surface area contributed by atoms with Crippen LogP contribution in [0.3, 0.4) is 0 Å². The van der Waals surface area contributed by atoms with E-state index in [-0.39, 0.29) is 36.3 Å². The minimum absolute atomic E-state index is 0.0456. The van der Waals surface area contributed by atoms with Crippen molar-refractivity contribution in [3.63, 3.8) is 0 Å². The molecule has 8 heteroatoms. The van der Waals surface area contributed by atoms with Gasteiger partial charge in [0, 0.05) is 11.6 Å². The van der Waals surface area contributed by atoms with Crippen LogP contribution in [0.1, 0.15) is 11.1 Å². The Hall–Kier alpha value is -2.74. The number of fused-ring (bicyclic) bond motifs is 1. The zero-order valence-electron chi connectivity index (χ0n) is 15.8. The Labute approximate surface area is 179 Å². The van der Waals surface area contributed by atoms with Gasteiger partial charge < -0.3 is 4.90 Å². The van der Waals surface area contributed by atoms with E-state index in [4.69, 9.17) is 11.6 Å².